The van der Waals surface area contributed by atoms with E-state index in [1.54, 1.807) is 0 Å². The number of nitrogens with one attached hydrogen (secondary N) is 1. The van der Waals surface area contributed by atoms with Crippen molar-refractivity contribution in [1.82, 2.24) is 5.32 Å². The molecule has 5 nitrogen and oxygen atoms in total. The molecular formula is C15H22N2O3. The highest BCUT2D eigenvalue weighted by Crippen LogP contribution is 2.13. The van der Waals surface area contributed by atoms with Crippen LogP contribution in [0.15, 0.2) is 24.3 Å². The third-order valence-electron chi connectivity index (χ3n) is 3.32. The summed E-state index contributed by atoms with van der Waals surface area (Å²) in [6.07, 6.45) is 5.30. The summed E-state index contributed by atoms with van der Waals surface area (Å²) >= 11 is 0. The minimum atomic E-state index is -0.471. The molecule has 1 atom stereocenters. The predicted molar refractivity (Wildman–Crippen MR) is 78.8 cm³/mol. The molecule has 0 radical (unpaired) electrons. The van der Waals surface area contributed by atoms with Crippen molar-refractivity contribution >= 4 is 11.6 Å². The Bertz CT molecular complexity index is 443. The van der Waals surface area contributed by atoms with Crippen LogP contribution in [-0.2, 0) is 0 Å². The van der Waals surface area contributed by atoms with Gasteiger partial charge in [0.2, 0.25) is 0 Å². The predicted octanol–water partition coefficient (Wildman–Crippen LogP) is 3.68. The Labute approximate surface area is 119 Å². The van der Waals surface area contributed by atoms with E-state index in [4.69, 9.17) is 0 Å². The van der Waals surface area contributed by atoms with E-state index in [0.29, 0.717) is 5.56 Å². The van der Waals surface area contributed by atoms with Gasteiger partial charge in [0.15, 0.2) is 0 Å². The maximum Gasteiger partial charge on any atom is 0.269 e. The number of nitro benzene ring substituents is 1. The molecule has 1 aromatic rings. The van der Waals surface area contributed by atoms with Gasteiger partial charge in [-0.15, -0.1) is 0 Å². The molecule has 0 spiro atoms. The summed E-state index contributed by atoms with van der Waals surface area (Å²) in [6.45, 7) is 4.20. The first-order valence-corrected chi connectivity index (χ1v) is 7.13. The van der Waals surface area contributed by atoms with E-state index >= 15 is 0 Å². The molecule has 1 unspecified atom stereocenters. The molecule has 0 fully saturated rings. The van der Waals surface area contributed by atoms with Crippen LogP contribution in [0.25, 0.3) is 0 Å². The Balaban J connectivity index is 2.57. The second-order valence-corrected chi connectivity index (χ2v) is 4.88. The average molecular weight is 278 g/mol. The van der Waals surface area contributed by atoms with Gasteiger partial charge in [-0.1, -0.05) is 33.1 Å². The maximum absolute atomic E-state index is 12.0. The summed E-state index contributed by atoms with van der Waals surface area (Å²) in [5, 5.41) is 13.5. The topological polar surface area (TPSA) is 72.2 Å². The summed E-state index contributed by atoms with van der Waals surface area (Å²) in [7, 11) is 0. The molecule has 1 aromatic carbocycles. The Morgan fingerprint density at radius 3 is 2.40 bits per heavy atom. The monoisotopic (exact) mass is 278 g/mol. The fourth-order valence-corrected chi connectivity index (χ4v) is 2.02. The first-order chi connectivity index (χ1) is 9.58. The molecular weight excluding hydrogens is 256 g/mol. The van der Waals surface area contributed by atoms with E-state index < -0.39 is 4.92 Å². The van der Waals surface area contributed by atoms with Gasteiger partial charge in [-0.3, -0.25) is 14.9 Å². The molecule has 20 heavy (non-hydrogen) atoms. The second kappa shape index (κ2) is 8.30. The molecule has 1 rings (SSSR count). The highest BCUT2D eigenvalue weighted by atomic mass is 16.6. The van der Waals surface area contributed by atoms with Crippen molar-refractivity contribution in [2.75, 3.05) is 0 Å². The number of carbonyl (C=O) groups excluding carboxylic acids is 1. The number of amides is 1. The van der Waals surface area contributed by atoms with Crippen molar-refractivity contribution in [2.24, 2.45) is 0 Å². The van der Waals surface area contributed by atoms with Crippen LogP contribution in [0.1, 0.15) is 56.3 Å². The third-order valence-corrected chi connectivity index (χ3v) is 3.32. The highest BCUT2D eigenvalue weighted by molar-refractivity contribution is 5.94. The van der Waals surface area contributed by atoms with Crippen molar-refractivity contribution in [3.05, 3.63) is 39.9 Å². The van der Waals surface area contributed by atoms with Crippen molar-refractivity contribution in [1.29, 1.82) is 0 Å². The average Bonchev–Trinajstić information content (AvgIpc) is 2.46. The normalized spacial score (nSPS) is 11.9. The second-order valence-electron chi connectivity index (χ2n) is 4.88. The molecule has 5 heteroatoms. The van der Waals surface area contributed by atoms with E-state index in [2.05, 4.69) is 12.2 Å². The summed E-state index contributed by atoms with van der Waals surface area (Å²) in [5.41, 5.74) is 0.459. The first kappa shape index (κ1) is 16.1. The molecule has 0 aliphatic carbocycles. The maximum atomic E-state index is 12.0. The van der Waals surface area contributed by atoms with Crippen molar-refractivity contribution in [3.63, 3.8) is 0 Å². The van der Waals surface area contributed by atoms with Gasteiger partial charge < -0.3 is 5.32 Å². The standard InChI is InChI=1S/C15H22N2O3/c1-3-5-6-7-13(4-2)16-15(18)12-8-10-14(11-9-12)17(19)20/h8-11,13H,3-7H2,1-2H3,(H,16,18). The number of nitrogens with zero attached hydrogens (tertiary/aromatic N) is 1. The van der Waals surface area contributed by atoms with E-state index in [-0.39, 0.29) is 17.6 Å². The SMILES string of the molecule is CCCCCC(CC)NC(=O)c1ccc([N+](=O)[O-])cc1. The highest BCUT2D eigenvalue weighted by Gasteiger charge is 2.13. The number of hydrogen-bond acceptors (Lipinski definition) is 3. The Morgan fingerprint density at radius 2 is 1.90 bits per heavy atom. The van der Waals surface area contributed by atoms with Crippen LogP contribution in [0.3, 0.4) is 0 Å². The zero-order valence-corrected chi connectivity index (χ0v) is 12.1. The molecule has 0 aliphatic rings. The zero-order valence-electron chi connectivity index (χ0n) is 12.1. The van der Waals surface area contributed by atoms with Gasteiger partial charge in [0, 0.05) is 23.7 Å². The van der Waals surface area contributed by atoms with Crippen LogP contribution in [-0.4, -0.2) is 16.9 Å². The van der Waals surface area contributed by atoms with E-state index in [9.17, 15) is 14.9 Å². The largest absolute Gasteiger partial charge is 0.349 e. The zero-order chi connectivity index (χ0) is 15.0. The molecule has 1 N–H and O–H groups in total. The van der Waals surface area contributed by atoms with Crippen LogP contribution in [0.2, 0.25) is 0 Å². The fraction of sp³-hybridized carbons (Fsp3) is 0.533. The first-order valence-electron chi connectivity index (χ1n) is 7.13. The summed E-state index contributed by atoms with van der Waals surface area (Å²) in [5.74, 6) is -0.164. The van der Waals surface area contributed by atoms with E-state index in [1.165, 1.54) is 30.7 Å². The Morgan fingerprint density at radius 1 is 1.25 bits per heavy atom. The van der Waals surface area contributed by atoms with Crippen molar-refractivity contribution in [2.45, 2.75) is 52.0 Å². The summed E-state index contributed by atoms with van der Waals surface area (Å²) < 4.78 is 0. The van der Waals surface area contributed by atoms with Crippen LogP contribution in [0.5, 0.6) is 0 Å². The lowest BCUT2D eigenvalue weighted by Crippen LogP contribution is -2.34. The molecule has 0 bridgehead atoms. The van der Waals surface area contributed by atoms with Crippen LogP contribution in [0.4, 0.5) is 5.69 Å². The quantitative estimate of drug-likeness (QED) is 0.448. The number of non-ortho nitro benzene ring substituents is 1. The van der Waals surface area contributed by atoms with Gasteiger partial charge in [0.05, 0.1) is 4.92 Å². The van der Waals surface area contributed by atoms with Crippen LogP contribution in [0, 0.1) is 10.1 Å². The Kier molecular flexibility index (Phi) is 6.70. The van der Waals surface area contributed by atoms with Crippen molar-refractivity contribution in [3.8, 4) is 0 Å². The number of carbonyl (C=O) groups is 1. The summed E-state index contributed by atoms with van der Waals surface area (Å²) in [6, 6.07) is 5.86. The smallest absolute Gasteiger partial charge is 0.269 e. The van der Waals surface area contributed by atoms with Gasteiger partial charge >= 0.3 is 0 Å². The molecule has 0 aromatic heterocycles. The minimum Gasteiger partial charge on any atom is -0.349 e. The van der Waals surface area contributed by atoms with Gasteiger partial charge in [-0.05, 0) is 25.0 Å². The van der Waals surface area contributed by atoms with Crippen LogP contribution >= 0.6 is 0 Å². The van der Waals surface area contributed by atoms with E-state index in [0.717, 1.165) is 25.7 Å². The fourth-order valence-electron chi connectivity index (χ4n) is 2.02. The lowest BCUT2D eigenvalue weighted by molar-refractivity contribution is -0.384. The molecule has 110 valence electrons. The number of hydrogen-bond donors (Lipinski definition) is 1. The number of nitro groups is 1. The lowest BCUT2D eigenvalue weighted by Gasteiger charge is -2.16. The third kappa shape index (κ3) is 4.99. The molecule has 0 saturated heterocycles. The lowest BCUT2D eigenvalue weighted by atomic mass is 10.1. The van der Waals surface area contributed by atoms with Gasteiger partial charge in [0.25, 0.3) is 11.6 Å². The molecule has 1 amide bonds. The molecule has 0 heterocycles. The summed E-state index contributed by atoms with van der Waals surface area (Å²) in [4.78, 5) is 22.1. The number of unbranched alkanes of at least 4 members (excludes halogenated alkanes) is 2. The van der Waals surface area contributed by atoms with Gasteiger partial charge in [0.1, 0.15) is 0 Å². The van der Waals surface area contributed by atoms with Gasteiger partial charge in [-0.2, -0.15) is 0 Å². The number of benzene rings is 1. The molecule has 0 aliphatic heterocycles. The Hall–Kier alpha value is -1.91. The van der Waals surface area contributed by atoms with Crippen molar-refractivity contribution < 1.29 is 9.72 Å². The van der Waals surface area contributed by atoms with E-state index in [1.807, 2.05) is 6.92 Å². The number of rotatable bonds is 8. The molecule has 0 saturated carbocycles. The van der Waals surface area contributed by atoms with Crippen LogP contribution < -0.4 is 5.32 Å². The van der Waals surface area contributed by atoms with Gasteiger partial charge in [-0.25, -0.2) is 0 Å². The minimum absolute atomic E-state index is 0.00321.